The van der Waals surface area contributed by atoms with Crippen molar-refractivity contribution in [3.8, 4) is 23.0 Å². The third kappa shape index (κ3) is 4.02. The fourth-order valence-electron chi connectivity index (χ4n) is 3.00. The van der Waals surface area contributed by atoms with Crippen molar-refractivity contribution in [2.24, 2.45) is 0 Å². The topological polar surface area (TPSA) is 103 Å². The molecule has 0 radical (unpaired) electrons. The number of nitrogens with one attached hydrogen (secondary N) is 1. The van der Waals surface area contributed by atoms with Crippen LogP contribution in [0.4, 0.5) is 11.4 Å². The molecule has 29 heavy (non-hydrogen) atoms. The summed E-state index contributed by atoms with van der Waals surface area (Å²) in [6.07, 6.45) is 0. The first-order valence-corrected chi connectivity index (χ1v) is 10.7. The Hall–Kier alpha value is -3.14. The van der Waals surface area contributed by atoms with Gasteiger partial charge in [-0.25, -0.2) is 8.42 Å². The molecule has 0 aliphatic carbocycles. The number of ether oxygens (including phenoxy) is 4. The van der Waals surface area contributed by atoms with Crippen molar-refractivity contribution in [2.75, 3.05) is 41.9 Å². The van der Waals surface area contributed by atoms with Gasteiger partial charge in [-0.3, -0.25) is 9.10 Å². The molecule has 2 aromatic carbocycles. The summed E-state index contributed by atoms with van der Waals surface area (Å²) in [5.74, 6) is 1.46. The summed E-state index contributed by atoms with van der Waals surface area (Å²) in [5, 5.41) is 2.70. The van der Waals surface area contributed by atoms with Gasteiger partial charge in [0.2, 0.25) is 22.7 Å². The molecule has 0 atom stereocenters. The first-order valence-electron chi connectivity index (χ1n) is 9.06. The number of carbonyl (C=O) groups is 1. The minimum Gasteiger partial charge on any atom is -0.486 e. The van der Waals surface area contributed by atoms with Crippen molar-refractivity contribution in [3.05, 3.63) is 36.4 Å². The molecular formula is C19H20N2O7S. The number of anilines is 2. The molecule has 154 valence electrons. The molecular weight excluding hydrogens is 400 g/mol. The van der Waals surface area contributed by atoms with Gasteiger partial charge in [-0.15, -0.1) is 0 Å². The normalized spacial score (nSPS) is 14.4. The smallest absolute Gasteiger partial charge is 0.245 e. The van der Waals surface area contributed by atoms with E-state index < -0.39 is 15.9 Å². The molecule has 0 unspecified atom stereocenters. The van der Waals surface area contributed by atoms with Crippen LogP contribution in [-0.2, 0) is 14.8 Å². The van der Waals surface area contributed by atoms with Gasteiger partial charge in [0.05, 0.1) is 11.4 Å². The number of hydrogen-bond donors (Lipinski definition) is 1. The zero-order chi connectivity index (χ0) is 20.4. The van der Waals surface area contributed by atoms with E-state index in [-0.39, 0.29) is 19.1 Å². The van der Waals surface area contributed by atoms with Gasteiger partial charge in [0.15, 0.2) is 23.0 Å². The van der Waals surface area contributed by atoms with Crippen LogP contribution in [0.25, 0.3) is 0 Å². The van der Waals surface area contributed by atoms with Crippen molar-refractivity contribution >= 4 is 27.3 Å². The van der Waals surface area contributed by atoms with E-state index in [1.807, 2.05) is 0 Å². The molecule has 0 fully saturated rings. The molecule has 2 aliphatic rings. The monoisotopic (exact) mass is 420 g/mol. The predicted octanol–water partition coefficient (Wildman–Crippen LogP) is 1.98. The average Bonchev–Trinajstić information content (AvgIpc) is 3.19. The average molecular weight is 420 g/mol. The summed E-state index contributed by atoms with van der Waals surface area (Å²) in [7, 11) is -3.70. The fraction of sp³-hybridized carbons (Fsp3) is 0.316. The Morgan fingerprint density at radius 2 is 1.62 bits per heavy atom. The molecule has 1 N–H and O–H groups in total. The van der Waals surface area contributed by atoms with Crippen molar-refractivity contribution in [1.82, 2.24) is 0 Å². The van der Waals surface area contributed by atoms with Crippen molar-refractivity contribution in [2.45, 2.75) is 6.92 Å². The maximum Gasteiger partial charge on any atom is 0.245 e. The zero-order valence-corrected chi connectivity index (χ0v) is 16.5. The highest BCUT2D eigenvalue weighted by Gasteiger charge is 2.26. The van der Waals surface area contributed by atoms with Gasteiger partial charge in [-0.1, -0.05) is 0 Å². The second-order valence-electron chi connectivity index (χ2n) is 6.35. The largest absolute Gasteiger partial charge is 0.486 e. The Kier molecular flexibility index (Phi) is 5.10. The van der Waals surface area contributed by atoms with E-state index in [1.54, 1.807) is 36.4 Å². The number of amides is 1. The van der Waals surface area contributed by atoms with Crippen molar-refractivity contribution in [3.63, 3.8) is 0 Å². The van der Waals surface area contributed by atoms with Crippen molar-refractivity contribution in [1.29, 1.82) is 0 Å². The molecule has 4 rings (SSSR count). The summed E-state index contributed by atoms with van der Waals surface area (Å²) in [6, 6.07) is 9.76. The summed E-state index contributed by atoms with van der Waals surface area (Å²) in [6.45, 7) is 2.11. The summed E-state index contributed by atoms with van der Waals surface area (Å²) in [5.41, 5.74) is 0.812. The Morgan fingerprint density at radius 1 is 0.966 bits per heavy atom. The van der Waals surface area contributed by atoms with Gasteiger partial charge < -0.3 is 24.3 Å². The Labute approximate surface area is 168 Å². The zero-order valence-electron chi connectivity index (χ0n) is 15.7. The predicted molar refractivity (Wildman–Crippen MR) is 105 cm³/mol. The van der Waals surface area contributed by atoms with Crippen LogP contribution in [0.5, 0.6) is 23.0 Å². The standard InChI is InChI=1S/C19H20N2O7S/c1-2-29(23,24)21(14-4-6-16-18(10-14)28-12-27-16)11-19(22)20-13-3-5-15-17(9-13)26-8-7-25-15/h3-6,9-10H,2,7-8,11-12H2,1H3,(H,20,22). The Balaban J connectivity index is 1.54. The fourth-order valence-corrected chi connectivity index (χ4v) is 4.06. The van der Waals surface area contributed by atoms with Crippen molar-refractivity contribution < 1.29 is 32.2 Å². The van der Waals surface area contributed by atoms with E-state index >= 15 is 0 Å². The minimum atomic E-state index is -3.70. The number of fused-ring (bicyclic) bond motifs is 2. The SMILES string of the molecule is CCS(=O)(=O)N(CC(=O)Nc1ccc2c(c1)OCCO2)c1ccc2c(c1)OCO2. The lowest BCUT2D eigenvalue weighted by molar-refractivity contribution is -0.114. The highest BCUT2D eigenvalue weighted by atomic mass is 32.2. The number of sulfonamides is 1. The number of rotatable bonds is 6. The minimum absolute atomic E-state index is 0.0733. The molecule has 2 aromatic rings. The first kappa shape index (κ1) is 19.2. The third-order valence-electron chi connectivity index (χ3n) is 4.46. The summed E-state index contributed by atoms with van der Waals surface area (Å²) in [4.78, 5) is 12.6. The summed E-state index contributed by atoms with van der Waals surface area (Å²) < 4.78 is 47.8. The van der Waals surface area contributed by atoms with Gasteiger partial charge in [0.25, 0.3) is 0 Å². The van der Waals surface area contributed by atoms with Crippen LogP contribution in [0.1, 0.15) is 6.92 Å². The number of carbonyl (C=O) groups excluding carboxylic acids is 1. The second-order valence-corrected chi connectivity index (χ2v) is 8.53. The van der Waals surface area contributed by atoms with Gasteiger partial charge in [0, 0.05) is 17.8 Å². The lowest BCUT2D eigenvalue weighted by atomic mass is 10.2. The van der Waals surface area contributed by atoms with E-state index in [2.05, 4.69) is 5.32 Å². The van der Waals surface area contributed by atoms with E-state index in [1.165, 1.54) is 6.92 Å². The third-order valence-corrected chi connectivity index (χ3v) is 6.20. The van der Waals surface area contributed by atoms with Gasteiger partial charge >= 0.3 is 0 Å². The van der Waals surface area contributed by atoms with Crippen LogP contribution in [0.2, 0.25) is 0 Å². The molecule has 0 saturated carbocycles. The number of hydrogen-bond acceptors (Lipinski definition) is 7. The molecule has 0 aromatic heterocycles. The molecule has 9 nitrogen and oxygen atoms in total. The van der Waals surface area contributed by atoms with Crippen LogP contribution in [0, 0.1) is 0 Å². The van der Waals surface area contributed by atoms with E-state index in [9.17, 15) is 13.2 Å². The maximum absolute atomic E-state index is 12.6. The van der Waals surface area contributed by atoms with E-state index in [0.717, 1.165) is 4.31 Å². The molecule has 2 aliphatic heterocycles. The van der Waals surface area contributed by atoms with Gasteiger partial charge in [-0.05, 0) is 31.2 Å². The lowest BCUT2D eigenvalue weighted by Gasteiger charge is -2.24. The Bertz CT molecular complexity index is 1040. The molecule has 10 heteroatoms. The quantitative estimate of drug-likeness (QED) is 0.762. The van der Waals surface area contributed by atoms with Crippen LogP contribution in [0.15, 0.2) is 36.4 Å². The van der Waals surface area contributed by atoms with E-state index in [0.29, 0.717) is 47.6 Å². The summed E-state index contributed by atoms with van der Waals surface area (Å²) >= 11 is 0. The molecule has 2 heterocycles. The molecule has 0 saturated heterocycles. The van der Waals surface area contributed by atoms with E-state index in [4.69, 9.17) is 18.9 Å². The first-order chi connectivity index (χ1) is 14.0. The Morgan fingerprint density at radius 3 is 2.41 bits per heavy atom. The van der Waals surface area contributed by atoms with Crippen LogP contribution < -0.4 is 28.6 Å². The van der Waals surface area contributed by atoms with Crippen LogP contribution in [-0.4, -0.2) is 46.6 Å². The molecule has 0 bridgehead atoms. The second kappa shape index (κ2) is 7.70. The van der Waals surface area contributed by atoms with Gasteiger partial charge in [-0.2, -0.15) is 0 Å². The van der Waals surface area contributed by atoms with Gasteiger partial charge in [0.1, 0.15) is 19.8 Å². The van der Waals surface area contributed by atoms with Crippen LogP contribution in [0.3, 0.4) is 0 Å². The molecule has 0 spiro atoms. The van der Waals surface area contributed by atoms with Crippen LogP contribution >= 0.6 is 0 Å². The number of nitrogens with zero attached hydrogens (tertiary/aromatic N) is 1. The highest BCUT2D eigenvalue weighted by Crippen LogP contribution is 2.36. The highest BCUT2D eigenvalue weighted by molar-refractivity contribution is 7.92. The lowest BCUT2D eigenvalue weighted by Crippen LogP contribution is -2.39. The molecule has 1 amide bonds. The number of benzene rings is 2. The maximum atomic E-state index is 12.6.